The molecule has 2 N–H and O–H groups in total. The van der Waals surface area contributed by atoms with Crippen molar-refractivity contribution in [2.24, 2.45) is 0 Å². The first-order valence-electron chi connectivity index (χ1n) is 12.0. The molecule has 0 unspecified atom stereocenters. The fraction of sp³-hybridized carbons (Fsp3) is 0.357. The Kier molecular flexibility index (Phi) is 6.60. The highest BCUT2D eigenvalue weighted by Crippen LogP contribution is 2.49. The van der Waals surface area contributed by atoms with Crippen LogP contribution in [-0.4, -0.2) is 38.2 Å². The van der Waals surface area contributed by atoms with Crippen molar-refractivity contribution in [2.45, 2.75) is 63.2 Å². The van der Waals surface area contributed by atoms with Crippen molar-refractivity contribution < 1.29 is 19.7 Å². The molecule has 188 valence electrons. The van der Waals surface area contributed by atoms with Crippen LogP contribution in [0.3, 0.4) is 0 Å². The van der Waals surface area contributed by atoms with Crippen molar-refractivity contribution in [1.82, 2.24) is 9.88 Å². The summed E-state index contributed by atoms with van der Waals surface area (Å²) in [6.07, 6.45) is 2.64. The molecular weight excluding hydrogens is 499 g/mol. The predicted molar refractivity (Wildman–Crippen MR) is 138 cm³/mol. The lowest BCUT2D eigenvalue weighted by atomic mass is 9.89. The number of pyridine rings is 1. The molecule has 1 aromatic heterocycles. The fourth-order valence-electron chi connectivity index (χ4n) is 5.12. The molecule has 1 fully saturated rings. The van der Waals surface area contributed by atoms with Crippen LogP contribution in [0.15, 0.2) is 60.8 Å². The predicted octanol–water partition coefficient (Wildman–Crippen LogP) is 5.40. The largest absolute Gasteiger partial charge is 0.393 e. The molecule has 0 radical (unpaired) electrons. The number of amides is 1. The van der Waals surface area contributed by atoms with Gasteiger partial charge < -0.3 is 14.9 Å². The van der Waals surface area contributed by atoms with Gasteiger partial charge in [0.15, 0.2) is 5.72 Å². The van der Waals surface area contributed by atoms with E-state index in [1.54, 1.807) is 55.3 Å². The third kappa shape index (κ3) is 4.53. The van der Waals surface area contributed by atoms with Gasteiger partial charge in [0.05, 0.1) is 35.1 Å². The normalized spacial score (nSPS) is 23.8. The Bertz CT molecular complexity index is 1270. The summed E-state index contributed by atoms with van der Waals surface area (Å²) in [5.41, 5.74) is 0.755. The molecule has 1 saturated carbocycles. The lowest BCUT2D eigenvalue weighted by Crippen LogP contribution is -2.48. The van der Waals surface area contributed by atoms with Gasteiger partial charge in [0.25, 0.3) is 5.91 Å². The van der Waals surface area contributed by atoms with Gasteiger partial charge >= 0.3 is 0 Å². The summed E-state index contributed by atoms with van der Waals surface area (Å²) >= 11 is 12.3. The number of benzene rings is 2. The van der Waals surface area contributed by atoms with E-state index in [1.807, 2.05) is 24.3 Å². The van der Waals surface area contributed by atoms with Crippen molar-refractivity contribution in [3.05, 3.63) is 98.8 Å². The number of nitrogens with zero attached hydrogens (tertiary/aromatic N) is 2. The topological polar surface area (TPSA) is 82.9 Å². The van der Waals surface area contributed by atoms with E-state index in [1.165, 1.54) is 0 Å². The molecule has 1 aliphatic carbocycles. The van der Waals surface area contributed by atoms with E-state index in [2.05, 4.69) is 4.98 Å². The van der Waals surface area contributed by atoms with E-state index in [9.17, 15) is 15.0 Å². The van der Waals surface area contributed by atoms with Crippen LogP contribution < -0.4 is 0 Å². The van der Waals surface area contributed by atoms with Crippen LogP contribution in [0.1, 0.15) is 65.9 Å². The third-order valence-corrected chi connectivity index (χ3v) is 7.46. The molecule has 2 aromatic carbocycles. The van der Waals surface area contributed by atoms with Gasteiger partial charge in [0.1, 0.15) is 0 Å². The molecular formula is C28H28Cl2N2O4. The van der Waals surface area contributed by atoms with E-state index in [-0.39, 0.29) is 18.6 Å². The number of aliphatic hydroxyl groups excluding tert-OH is 1. The molecule has 2 aliphatic rings. The molecule has 3 aromatic rings. The zero-order valence-corrected chi connectivity index (χ0v) is 21.6. The van der Waals surface area contributed by atoms with Crippen LogP contribution in [0.25, 0.3) is 0 Å². The number of carbonyl (C=O) groups is 1. The highest BCUT2D eigenvalue weighted by molar-refractivity contribution is 6.30. The molecule has 8 heteroatoms. The summed E-state index contributed by atoms with van der Waals surface area (Å²) in [6.45, 7) is 3.54. The van der Waals surface area contributed by atoms with Gasteiger partial charge in [-0.2, -0.15) is 0 Å². The summed E-state index contributed by atoms with van der Waals surface area (Å²) in [7, 11) is 0. The SMILES string of the molecule is CC(C)(O)c1ccc2c(c1)C(=O)N(Cc1ccc(Cl)cn1)[C@@]2(O[C@@H]1CC[C@@H](O)C1)c1ccc(Cl)cc1. The summed E-state index contributed by atoms with van der Waals surface area (Å²) in [6, 6.07) is 16.2. The maximum absolute atomic E-state index is 14.1. The van der Waals surface area contributed by atoms with Gasteiger partial charge in [0, 0.05) is 27.9 Å². The van der Waals surface area contributed by atoms with E-state index >= 15 is 0 Å². The third-order valence-electron chi connectivity index (χ3n) is 6.99. The average molecular weight is 527 g/mol. The van der Waals surface area contributed by atoms with Crippen LogP contribution in [0, 0.1) is 0 Å². The Morgan fingerprint density at radius 3 is 2.42 bits per heavy atom. The molecule has 5 rings (SSSR count). The molecule has 3 atom stereocenters. The first kappa shape index (κ1) is 25.2. The summed E-state index contributed by atoms with van der Waals surface area (Å²) in [4.78, 5) is 20.2. The first-order chi connectivity index (χ1) is 17.1. The Morgan fingerprint density at radius 2 is 1.81 bits per heavy atom. The minimum Gasteiger partial charge on any atom is -0.393 e. The number of halogens is 2. The Hall–Kier alpha value is -2.48. The van der Waals surface area contributed by atoms with Gasteiger partial charge in [-0.05, 0) is 69.0 Å². The van der Waals surface area contributed by atoms with E-state index in [0.29, 0.717) is 51.7 Å². The summed E-state index contributed by atoms with van der Waals surface area (Å²) < 4.78 is 6.87. The number of hydrogen-bond acceptors (Lipinski definition) is 5. The van der Waals surface area contributed by atoms with Crippen LogP contribution in [-0.2, 0) is 22.6 Å². The van der Waals surface area contributed by atoms with E-state index < -0.39 is 17.4 Å². The Balaban J connectivity index is 1.71. The fourth-order valence-corrected chi connectivity index (χ4v) is 5.36. The maximum Gasteiger partial charge on any atom is 0.257 e. The van der Waals surface area contributed by atoms with E-state index in [4.69, 9.17) is 27.9 Å². The van der Waals surface area contributed by atoms with Crippen molar-refractivity contribution >= 4 is 29.1 Å². The Morgan fingerprint density at radius 1 is 1.08 bits per heavy atom. The molecule has 0 bridgehead atoms. The van der Waals surface area contributed by atoms with Crippen molar-refractivity contribution in [2.75, 3.05) is 0 Å². The number of carbonyl (C=O) groups excluding carboxylic acids is 1. The molecule has 1 aliphatic heterocycles. The number of rotatable bonds is 6. The molecule has 36 heavy (non-hydrogen) atoms. The number of fused-ring (bicyclic) bond motifs is 1. The monoisotopic (exact) mass is 526 g/mol. The summed E-state index contributed by atoms with van der Waals surface area (Å²) in [5.74, 6) is -0.235. The van der Waals surface area contributed by atoms with Crippen LogP contribution in [0.4, 0.5) is 0 Å². The number of hydrogen-bond donors (Lipinski definition) is 2. The minimum absolute atomic E-state index is 0.167. The minimum atomic E-state index is -1.27. The molecule has 2 heterocycles. The highest BCUT2D eigenvalue weighted by atomic mass is 35.5. The quantitative estimate of drug-likeness (QED) is 0.449. The molecule has 6 nitrogen and oxygen atoms in total. The lowest BCUT2D eigenvalue weighted by Gasteiger charge is -2.41. The average Bonchev–Trinajstić information content (AvgIpc) is 3.35. The van der Waals surface area contributed by atoms with Gasteiger partial charge in [-0.1, -0.05) is 47.5 Å². The standard InChI is InChI=1S/C28H28Cl2N2O4/c1-27(2,35)18-5-12-25-24(13-18)26(34)32(16-21-9-8-20(30)15-31-21)28(25,17-3-6-19(29)7-4-17)36-23-11-10-22(33)14-23/h3-9,12-13,15,22-23,33,35H,10-11,14,16H2,1-2H3/t22-,23-,28-/m1/s1. The van der Waals surface area contributed by atoms with Crippen LogP contribution in [0.5, 0.6) is 0 Å². The summed E-state index contributed by atoms with van der Waals surface area (Å²) in [5, 5.41) is 22.0. The lowest BCUT2D eigenvalue weighted by molar-refractivity contribution is -0.147. The first-order valence-corrected chi connectivity index (χ1v) is 12.8. The van der Waals surface area contributed by atoms with Crippen LogP contribution in [0.2, 0.25) is 10.0 Å². The smallest absolute Gasteiger partial charge is 0.257 e. The van der Waals surface area contributed by atoms with Crippen molar-refractivity contribution in [3.63, 3.8) is 0 Å². The van der Waals surface area contributed by atoms with Gasteiger partial charge in [-0.3, -0.25) is 14.7 Å². The molecule has 1 amide bonds. The van der Waals surface area contributed by atoms with Crippen LogP contribution >= 0.6 is 23.2 Å². The number of aromatic nitrogens is 1. The van der Waals surface area contributed by atoms with Crippen molar-refractivity contribution in [1.29, 1.82) is 0 Å². The van der Waals surface area contributed by atoms with E-state index in [0.717, 1.165) is 5.56 Å². The highest BCUT2D eigenvalue weighted by Gasteiger charge is 2.54. The van der Waals surface area contributed by atoms with Gasteiger partial charge in [-0.25, -0.2) is 0 Å². The Labute approximate surface area is 220 Å². The van der Waals surface area contributed by atoms with Gasteiger partial charge in [-0.15, -0.1) is 0 Å². The second-order valence-electron chi connectivity index (χ2n) is 10.0. The second-order valence-corrected chi connectivity index (χ2v) is 10.9. The molecule has 0 spiro atoms. The molecule has 0 saturated heterocycles. The maximum atomic E-state index is 14.1. The number of ether oxygens (including phenoxy) is 1. The van der Waals surface area contributed by atoms with Gasteiger partial charge in [0.2, 0.25) is 0 Å². The second kappa shape index (κ2) is 9.43. The zero-order chi connectivity index (χ0) is 25.7. The number of aliphatic hydroxyl groups is 2. The van der Waals surface area contributed by atoms with Crippen molar-refractivity contribution in [3.8, 4) is 0 Å². The zero-order valence-electron chi connectivity index (χ0n) is 20.1.